The SMILES string of the molecule is C[C@@H]1CCC[C@H](C)N1C(=O)NC(CCS(C)(=O)=O)C(=O)O. The molecule has 1 aliphatic heterocycles. The van der Waals surface area contributed by atoms with E-state index < -0.39 is 27.9 Å². The molecule has 7 nitrogen and oxygen atoms in total. The molecule has 0 radical (unpaired) electrons. The molecule has 0 aromatic rings. The van der Waals surface area contributed by atoms with Crippen LogP contribution in [-0.4, -0.2) is 60.6 Å². The molecule has 0 saturated carbocycles. The average molecular weight is 320 g/mol. The second kappa shape index (κ2) is 7.11. The Balaban J connectivity index is 2.69. The van der Waals surface area contributed by atoms with Crippen molar-refractivity contribution in [3.8, 4) is 0 Å². The fraction of sp³-hybridized carbons (Fsp3) is 0.846. The van der Waals surface area contributed by atoms with Gasteiger partial charge in [-0.25, -0.2) is 18.0 Å². The van der Waals surface area contributed by atoms with Crippen LogP contribution in [0, 0.1) is 0 Å². The third-order valence-electron chi connectivity index (χ3n) is 3.80. The molecule has 1 rings (SSSR count). The zero-order chi connectivity index (χ0) is 16.2. The molecule has 0 aromatic carbocycles. The maximum Gasteiger partial charge on any atom is 0.326 e. The molecule has 2 amide bonds. The Bertz CT molecular complexity index is 481. The van der Waals surface area contributed by atoms with E-state index in [0.717, 1.165) is 25.5 Å². The number of aliphatic carboxylic acids is 1. The molecular weight excluding hydrogens is 296 g/mol. The first-order valence-electron chi connectivity index (χ1n) is 7.11. The number of sulfone groups is 1. The molecule has 2 N–H and O–H groups in total. The molecule has 21 heavy (non-hydrogen) atoms. The van der Waals surface area contributed by atoms with Crippen LogP contribution in [0.25, 0.3) is 0 Å². The first-order valence-corrected chi connectivity index (χ1v) is 9.17. The zero-order valence-corrected chi connectivity index (χ0v) is 13.5. The molecule has 1 aliphatic rings. The lowest BCUT2D eigenvalue weighted by molar-refractivity contribution is -0.139. The van der Waals surface area contributed by atoms with Gasteiger partial charge in [-0.05, 0) is 39.5 Å². The van der Waals surface area contributed by atoms with Crippen LogP contribution in [0.5, 0.6) is 0 Å². The second-order valence-electron chi connectivity index (χ2n) is 5.80. The van der Waals surface area contributed by atoms with Crippen LogP contribution < -0.4 is 5.32 Å². The number of amides is 2. The van der Waals surface area contributed by atoms with Crippen LogP contribution in [0.1, 0.15) is 39.5 Å². The normalized spacial score (nSPS) is 24.4. The average Bonchev–Trinajstić information content (AvgIpc) is 2.32. The molecule has 0 aromatic heterocycles. The molecular formula is C13H24N2O5S. The summed E-state index contributed by atoms with van der Waals surface area (Å²) < 4.78 is 22.3. The highest BCUT2D eigenvalue weighted by atomic mass is 32.2. The molecule has 0 aliphatic carbocycles. The number of rotatable bonds is 5. The van der Waals surface area contributed by atoms with E-state index in [1.54, 1.807) is 4.90 Å². The first kappa shape index (κ1) is 17.7. The third-order valence-corrected chi connectivity index (χ3v) is 4.78. The fourth-order valence-corrected chi connectivity index (χ4v) is 3.30. The van der Waals surface area contributed by atoms with E-state index in [4.69, 9.17) is 5.11 Å². The minimum atomic E-state index is -3.26. The number of carboxylic acids is 1. The number of hydrogen-bond donors (Lipinski definition) is 2. The van der Waals surface area contributed by atoms with Crippen LogP contribution in [0.2, 0.25) is 0 Å². The summed E-state index contributed by atoms with van der Waals surface area (Å²) in [6.07, 6.45) is 3.74. The molecule has 1 heterocycles. The van der Waals surface area contributed by atoms with Crippen molar-refractivity contribution in [3.05, 3.63) is 0 Å². The molecule has 122 valence electrons. The summed E-state index contributed by atoms with van der Waals surface area (Å²) in [5, 5.41) is 11.6. The molecule has 0 spiro atoms. The van der Waals surface area contributed by atoms with E-state index in [9.17, 15) is 18.0 Å². The van der Waals surface area contributed by atoms with Gasteiger partial charge in [-0.2, -0.15) is 0 Å². The predicted molar refractivity (Wildman–Crippen MR) is 78.9 cm³/mol. The summed E-state index contributed by atoms with van der Waals surface area (Å²) >= 11 is 0. The largest absolute Gasteiger partial charge is 0.480 e. The number of urea groups is 1. The van der Waals surface area contributed by atoms with Gasteiger partial charge >= 0.3 is 12.0 Å². The summed E-state index contributed by atoms with van der Waals surface area (Å²) in [5.74, 6) is -1.49. The van der Waals surface area contributed by atoms with Crippen molar-refractivity contribution in [2.75, 3.05) is 12.0 Å². The Labute approximate surface area is 125 Å². The van der Waals surface area contributed by atoms with Gasteiger partial charge in [0.25, 0.3) is 0 Å². The van der Waals surface area contributed by atoms with Gasteiger partial charge in [0, 0.05) is 18.3 Å². The molecule has 8 heteroatoms. The quantitative estimate of drug-likeness (QED) is 0.781. The lowest BCUT2D eigenvalue weighted by atomic mass is 9.98. The number of nitrogens with zero attached hydrogens (tertiary/aromatic N) is 1. The predicted octanol–water partition coefficient (Wildman–Crippen LogP) is 0.847. The summed E-state index contributed by atoms with van der Waals surface area (Å²) in [6, 6.07) is -1.51. The Morgan fingerprint density at radius 1 is 1.29 bits per heavy atom. The summed E-state index contributed by atoms with van der Waals surface area (Å²) in [6.45, 7) is 3.86. The van der Waals surface area contributed by atoms with Gasteiger partial charge in [0.05, 0.1) is 5.75 Å². The van der Waals surface area contributed by atoms with Crippen molar-refractivity contribution >= 4 is 21.8 Å². The minimum Gasteiger partial charge on any atom is -0.480 e. The van der Waals surface area contributed by atoms with Crippen LogP contribution in [0.4, 0.5) is 4.79 Å². The third kappa shape index (κ3) is 5.53. The van der Waals surface area contributed by atoms with Gasteiger partial charge in [-0.1, -0.05) is 0 Å². The van der Waals surface area contributed by atoms with Crippen molar-refractivity contribution in [1.82, 2.24) is 10.2 Å². The number of carbonyl (C=O) groups excluding carboxylic acids is 1. The number of likely N-dealkylation sites (tertiary alicyclic amines) is 1. The second-order valence-corrected chi connectivity index (χ2v) is 8.05. The Kier molecular flexibility index (Phi) is 6.00. The van der Waals surface area contributed by atoms with Gasteiger partial charge in [0.2, 0.25) is 0 Å². The van der Waals surface area contributed by atoms with Crippen molar-refractivity contribution in [2.45, 2.75) is 57.7 Å². The molecule has 1 unspecified atom stereocenters. The van der Waals surface area contributed by atoms with E-state index in [1.165, 1.54) is 0 Å². The maximum atomic E-state index is 12.3. The minimum absolute atomic E-state index is 0.0538. The highest BCUT2D eigenvalue weighted by Crippen LogP contribution is 2.22. The zero-order valence-electron chi connectivity index (χ0n) is 12.7. The highest BCUT2D eigenvalue weighted by molar-refractivity contribution is 7.90. The fourth-order valence-electron chi connectivity index (χ4n) is 2.63. The number of nitrogens with one attached hydrogen (secondary N) is 1. The van der Waals surface area contributed by atoms with Crippen molar-refractivity contribution in [1.29, 1.82) is 0 Å². The standard InChI is InChI=1S/C13H24N2O5S/c1-9-5-4-6-10(2)15(9)13(18)14-11(12(16)17)7-8-21(3,19)20/h9-11H,4-8H2,1-3H3,(H,14,18)(H,16,17)/t9-,10+,11?. The first-order chi connectivity index (χ1) is 9.61. The number of carbonyl (C=O) groups is 2. The molecule has 1 saturated heterocycles. The monoisotopic (exact) mass is 320 g/mol. The topological polar surface area (TPSA) is 104 Å². The molecule has 1 fully saturated rings. The Morgan fingerprint density at radius 2 is 1.81 bits per heavy atom. The van der Waals surface area contributed by atoms with Crippen LogP contribution >= 0.6 is 0 Å². The Hall–Kier alpha value is -1.31. The van der Waals surface area contributed by atoms with Crippen LogP contribution in [0.3, 0.4) is 0 Å². The Morgan fingerprint density at radius 3 is 2.24 bits per heavy atom. The lowest BCUT2D eigenvalue weighted by Gasteiger charge is -2.39. The highest BCUT2D eigenvalue weighted by Gasteiger charge is 2.31. The van der Waals surface area contributed by atoms with E-state index in [0.29, 0.717) is 0 Å². The van der Waals surface area contributed by atoms with Crippen LogP contribution in [0.15, 0.2) is 0 Å². The summed E-state index contributed by atoms with van der Waals surface area (Å²) in [7, 11) is -3.26. The van der Waals surface area contributed by atoms with Gasteiger partial charge < -0.3 is 15.3 Å². The van der Waals surface area contributed by atoms with E-state index >= 15 is 0 Å². The number of hydrogen-bond acceptors (Lipinski definition) is 4. The van der Waals surface area contributed by atoms with Crippen molar-refractivity contribution in [3.63, 3.8) is 0 Å². The van der Waals surface area contributed by atoms with Gasteiger partial charge in [0.1, 0.15) is 15.9 Å². The summed E-state index contributed by atoms with van der Waals surface area (Å²) in [4.78, 5) is 25.1. The number of piperidine rings is 1. The van der Waals surface area contributed by atoms with Crippen molar-refractivity contribution in [2.24, 2.45) is 0 Å². The summed E-state index contributed by atoms with van der Waals surface area (Å²) in [5.41, 5.74) is 0. The molecule has 0 bridgehead atoms. The van der Waals surface area contributed by atoms with Crippen LogP contribution in [-0.2, 0) is 14.6 Å². The van der Waals surface area contributed by atoms with Gasteiger partial charge in [-0.3, -0.25) is 0 Å². The smallest absolute Gasteiger partial charge is 0.326 e. The molecule has 3 atom stereocenters. The number of carboxylic acid groups (broad SMARTS) is 1. The maximum absolute atomic E-state index is 12.3. The lowest BCUT2D eigenvalue weighted by Crippen LogP contribution is -2.55. The van der Waals surface area contributed by atoms with Crippen molar-refractivity contribution < 1.29 is 23.1 Å². The van der Waals surface area contributed by atoms with Gasteiger partial charge in [0.15, 0.2) is 0 Å². The van der Waals surface area contributed by atoms with E-state index in [1.807, 2.05) is 13.8 Å². The van der Waals surface area contributed by atoms with E-state index in [-0.39, 0.29) is 24.3 Å². The van der Waals surface area contributed by atoms with Gasteiger partial charge in [-0.15, -0.1) is 0 Å². The van der Waals surface area contributed by atoms with E-state index in [2.05, 4.69) is 5.32 Å².